The summed E-state index contributed by atoms with van der Waals surface area (Å²) in [6.07, 6.45) is 5.00. The number of methoxy groups -OCH3 is 1. The zero-order chi connectivity index (χ0) is 25.8. The van der Waals surface area contributed by atoms with Crippen molar-refractivity contribution in [2.75, 3.05) is 13.7 Å². The first-order valence-electron chi connectivity index (χ1n) is 13.4. The third kappa shape index (κ3) is 3.38. The lowest BCUT2D eigenvalue weighted by Crippen LogP contribution is -2.65. The molecule has 4 aliphatic carbocycles. The molecule has 1 saturated heterocycles. The molecule has 0 aromatic heterocycles. The number of fused-ring (bicyclic) bond motifs is 1. The summed E-state index contributed by atoms with van der Waals surface area (Å²) in [4.78, 5) is 27.5. The molecule has 3 unspecified atom stereocenters. The van der Waals surface area contributed by atoms with E-state index < -0.39 is 22.0 Å². The van der Waals surface area contributed by atoms with Gasteiger partial charge in [-0.05, 0) is 102 Å². The van der Waals surface area contributed by atoms with Crippen molar-refractivity contribution in [2.24, 2.45) is 34.0 Å². The van der Waals surface area contributed by atoms with Crippen molar-refractivity contribution in [2.45, 2.75) is 96.4 Å². The zero-order valence-electron chi connectivity index (χ0n) is 22.9. The molecule has 0 radical (unpaired) electrons. The van der Waals surface area contributed by atoms with Crippen LogP contribution >= 0.6 is 0 Å². The predicted molar refractivity (Wildman–Crippen MR) is 139 cm³/mol. The number of rotatable bonds is 5. The second-order valence-electron chi connectivity index (χ2n) is 14.3. The maximum atomic E-state index is 13.8. The van der Waals surface area contributed by atoms with Crippen LogP contribution in [0.3, 0.4) is 0 Å². The Morgan fingerprint density at radius 2 is 1.74 bits per heavy atom. The summed E-state index contributed by atoms with van der Waals surface area (Å²) in [5.41, 5.74) is -0.639. The lowest BCUT2D eigenvalue weighted by atomic mass is 9.50. The van der Waals surface area contributed by atoms with E-state index in [0.29, 0.717) is 6.61 Å². The molecule has 1 spiro atoms. The Kier molecular flexibility index (Phi) is 5.53. The Hall–Kier alpha value is -0.966. The van der Waals surface area contributed by atoms with Crippen molar-refractivity contribution < 1.29 is 27.9 Å². The highest BCUT2D eigenvalue weighted by molar-refractivity contribution is 6.70. The van der Waals surface area contributed by atoms with Crippen LogP contribution in [-0.2, 0) is 27.9 Å². The maximum Gasteiger partial charge on any atom is 0.314 e. The fourth-order valence-electron chi connectivity index (χ4n) is 9.53. The van der Waals surface area contributed by atoms with Gasteiger partial charge in [-0.1, -0.05) is 6.58 Å². The lowest BCUT2D eigenvalue weighted by Gasteiger charge is -2.59. The molecule has 8 atom stereocenters. The molecule has 4 bridgehead atoms. The summed E-state index contributed by atoms with van der Waals surface area (Å²) in [6.45, 7) is 20.2. The number of hydrogen-bond acceptors (Lipinski definition) is 6. The fourth-order valence-corrected chi connectivity index (χ4v) is 12.2. The van der Waals surface area contributed by atoms with E-state index in [2.05, 4.69) is 45.9 Å². The van der Waals surface area contributed by atoms with E-state index >= 15 is 0 Å². The van der Waals surface area contributed by atoms with Gasteiger partial charge in [-0.2, -0.15) is 0 Å². The second-order valence-corrected chi connectivity index (χ2v) is 23.2. The Bertz CT molecular complexity index is 968. The minimum atomic E-state index is -1.94. The summed E-state index contributed by atoms with van der Waals surface area (Å²) in [6, 6.07) is 0. The monoisotopic (exact) mass is 520 g/mol. The normalized spacial score (nSPS) is 46.6. The first-order valence-corrected chi connectivity index (χ1v) is 20.2. The van der Waals surface area contributed by atoms with E-state index in [1.165, 1.54) is 7.11 Å². The van der Waals surface area contributed by atoms with Crippen molar-refractivity contribution >= 4 is 28.6 Å². The highest BCUT2D eigenvalue weighted by Crippen LogP contribution is 2.80. The molecule has 1 aliphatic heterocycles. The highest BCUT2D eigenvalue weighted by Gasteiger charge is 2.81. The third-order valence-electron chi connectivity index (χ3n) is 10.1. The molecular weight excluding hydrogens is 476 g/mol. The molecule has 8 heteroatoms. The molecule has 4 saturated carbocycles. The van der Waals surface area contributed by atoms with Crippen molar-refractivity contribution in [3.63, 3.8) is 0 Å². The Morgan fingerprint density at radius 3 is 2.34 bits per heavy atom. The SMILES string of the molecule is C=C1C[C@]23C[C@@]1(O[Si](C)(C)C)CCC2[C@@]12CC[C@H](O[Si](C)(C)C)C(C)(C(=O)OC1)C2[C@@H]3C(=O)OC. The number of cyclic esters (lactones) is 1. The molecule has 0 N–H and O–H groups in total. The summed E-state index contributed by atoms with van der Waals surface area (Å²) in [5.74, 6) is -0.645. The van der Waals surface area contributed by atoms with Crippen LogP contribution in [0.25, 0.3) is 0 Å². The molecule has 6 nitrogen and oxygen atoms in total. The quantitative estimate of drug-likeness (QED) is 0.278. The Labute approximate surface area is 212 Å². The van der Waals surface area contributed by atoms with Crippen LogP contribution < -0.4 is 0 Å². The average molecular weight is 521 g/mol. The van der Waals surface area contributed by atoms with E-state index in [1.54, 1.807) is 0 Å². The van der Waals surface area contributed by atoms with Crippen molar-refractivity contribution in [3.05, 3.63) is 12.2 Å². The van der Waals surface area contributed by atoms with Gasteiger partial charge in [0.15, 0.2) is 16.6 Å². The summed E-state index contributed by atoms with van der Waals surface area (Å²) < 4.78 is 25.2. The van der Waals surface area contributed by atoms with Crippen LogP contribution in [0, 0.1) is 34.0 Å². The van der Waals surface area contributed by atoms with Crippen LogP contribution in [0.15, 0.2) is 12.2 Å². The van der Waals surface area contributed by atoms with Gasteiger partial charge in [-0.3, -0.25) is 9.59 Å². The molecule has 196 valence electrons. The smallest absolute Gasteiger partial charge is 0.314 e. The van der Waals surface area contributed by atoms with Crippen LogP contribution in [-0.4, -0.2) is 54.0 Å². The average Bonchev–Trinajstić information content (AvgIpc) is 3.10. The molecule has 5 aliphatic rings. The molecular formula is C27H44O6Si2. The van der Waals surface area contributed by atoms with Gasteiger partial charge in [0.1, 0.15) is 0 Å². The van der Waals surface area contributed by atoms with E-state index in [4.69, 9.17) is 18.3 Å². The van der Waals surface area contributed by atoms with Crippen molar-refractivity contribution in [1.82, 2.24) is 0 Å². The van der Waals surface area contributed by atoms with Crippen LogP contribution in [0.1, 0.15) is 45.4 Å². The molecule has 0 aromatic carbocycles. The molecule has 0 amide bonds. The molecule has 0 aromatic rings. The van der Waals surface area contributed by atoms with E-state index in [0.717, 1.165) is 44.1 Å². The van der Waals surface area contributed by atoms with Crippen LogP contribution in [0.5, 0.6) is 0 Å². The summed E-state index contributed by atoms with van der Waals surface area (Å²) in [7, 11) is -2.31. The Balaban J connectivity index is 1.67. The molecule has 5 fully saturated rings. The van der Waals surface area contributed by atoms with Gasteiger partial charge in [0, 0.05) is 11.3 Å². The zero-order valence-corrected chi connectivity index (χ0v) is 24.9. The number of esters is 2. The van der Waals surface area contributed by atoms with Gasteiger partial charge >= 0.3 is 11.9 Å². The minimum absolute atomic E-state index is 0.155. The van der Waals surface area contributed by atoms with Gasteiger partial charge < -0.3 is 18.3 Å². The number of carbonyl (C=O) groups excluding carboxylic acids is 2. The summed E-state index contributed by atoms with van der Waals surface area (Å²) >= 11 is 0. The van der Waals surface area contributed by atoms with Crippen molar-refractivity contribution in [1.29, 1.82) is 0 Å². The maximum absolute atomic E-state index is 13.8. The van der Waals surface area contributed by atoms with Crippen LogP contribution in [0.4, 0.5) is 0 Å². The third-order valence-corrected chi connectivity index (χ3v) is 12.1. The Morgan fingerprint density at radius 1 is 1.06 bits per heavy atom. The van der Waals surface area contributed by atoms with E-state index in [9.17, 15) is 9.59 Å². The largest absolute Gasteiger partial charge is 0.469 e. The first kappa shape index (κ1) is 25.7. The number of hydrogen-bond donors (Lipinski definition) is 0. The first-order chi connectivity index (χ1) is 16.0. The van der Waals surface area contributed by atoms with E-state index in [1.807, 2.05) is 6.92 Å². The van der Waals surface area contributed by atoms with E-state index in [-0.39, 0.29) is 52.2 Å². The molecule has 5 rings (SSSR count). The van der Waals surface area contributed by atoms with Gasteiger partial charge in [0.2, 0.25) is 0 Å². The van der Waals surface area contributed by atoms with Crippen molar-refractivity contribution in [3.8, 4) is 0 Å². The topological polar surface area (TPSA) is 71.1 Å². The highest BCUT2D eigenvalue weighted by atomic mass is 28.4. The van der Waals surface area contributed by atoms with Gasteiger partial charge in [0.05, 0.1) is 36.8 Å². The standard InChI is InChI=1S/C27H44O6Si2/c1-17-14-26-15-27(17,33-35(7,8)9)13-10-18(26)25-12-11-19(32-34(4,5)6)24(2,23(29)31-16-25)21(25)20(26)22(28)30-3/h18-21H,1,10-16H2,2-9H3/t18?,19-,20+,21?,24?,25+,26-,27-/m0/s1. The predicted octanol–water partition coefficient (Wildman–Crippen LogP) is 5.31. The van der Waals surface area contributed by atoms with Crippen LogP contribution in [0.2, 0.25) is 39.3 Å². The van der Waals surface area contributed by atoms with Gasteiger partial charge in [-0.15, -0.1) is 0 Å². The number of carbonyl (C=O) groups is 2. The number of ether oxygens (including phenoxy) is 2. The second kappa shape index (κ2) is 7.54. The summed E-state index contributed by atoms with van der Waals surface area (Å²) in [5, 5.41) is 0. The molecule has 1 heterocycles. The minimum Gasteiger partial charge on any atom is -0.469 e. The van der Waals surface area contributed by atoms with Gasteiger partial charge in [0.25, 0.3) is 0 Å². The fraction of sp³-hybridized carbons (Fsp3) is 0.852. The molecule has 35 heavy (non-hydrogen) atoms. The van der Waals surface area contributed by atoms with Gasteiger partial charge in [-0.25, -0.2) is 0 Å². The lowest BCUT2D eigenvalue weighted by molar-refractivity contribution is -0.218.